The van der Waals surface area contributed by atoms with Crippen molar-refractivity contribution in [3.8, 4) is 0 Å². The number of furan rings is 1. The largest absolute Gasteiger partial charge is 0.467 e. The van der Waals surface area contributed by atoms with E-state index in [1.807, 2.05) is 0 Å². The molecule has 0 aromatic carbocycles. The smallest absolute Gasteiger partial charge is 0.312 e. The number of hydrogen-bond acceptors (Lipinski definition) is 5. The third kappa shape index (κ3) is 8.62. The number of nitrogens with one attached hydrogen (secondary N) is 2. The number of hydrogen-bond donors (Lipinski definition) is 3. The summed E-state index contributed by atoms with van der Waals surface area (Å²) in [5.41, 5.74) is 4.91. The number of unbranched alkanes of at least 4 members (excludes halogenated alkanes) is 2. The number of carbonyl (C=O) groups is 3. The Morgan fingerprint density at radius 2 is 2.00 bits per heavy atom. The molecule has 0 atom stereocenters. The van der Waals surface area contributed by atoms with Crippen LogP contribution >= 0.6 is 0 Å². The maximum atomic E-state index is 11.4. The van der Waals surface area contributed by atoms with Crippen LogP contribution in [0.4, 0.5) is 4.79 Å². The molecule has 1 rings (SSSR count). The van der Waals surface area contributed by atoms with Crippen molar-refractivity contribution in [3.05, 3.63) is 24.2 Å². The van der Waals surface area contributed by atoms with E-state index >= 15 is 0 Å². The number of amides is 3. The molecule has 8 heteroatoms. The van der Waals surface area contributed by atoms with E-state index in [0.717, 1.165) is 12.8 Å². The van der Waals surface area contributed by atoms with Crippen LogP contribution in [-0.2, 0) is 20.9 Å². The first-order chi connectivity index (χ1) is 10.6. The number of urea groups is 1. The van der Waals surface area contributed by atoms with E-state index < -0.39 is 12.0 Å². The van der Waals surface area contributed by atoms with Gasteiger partial charge in [0.25, 0.3) is 5.91 Å². The Labute approximate surface area is 128 Å². The fourth-order valence-electron chi connectivity index (χ4n) is 1.65. The summed E-state index contributed by atoms with van der Waals surface area (Å²) < 4.78 is 9.90. The van der Waals surface area contributed by atoms with E-state index in [2.05, 4.69) is 10.6 Å². The molecule has 0 fully saturated rings. The van der Waals surface area contributed by atoms with E-state index in [1.54, 1.807) is 12.1 Å². The Bertz CT molecular complexity index is 473. The second kappa shape index (κ2) is 10.3. The van der Waals surface area contributed by atoms with E-state index in [-0.39, 0.29) is 25.5 Å². The number of rotatable bonds is 10. The van der Waals surface area contributed by atoms with E-state index in [4.69, 9.17) is 14.9 Å². The lowest BCUT2D eigenvalue weighted by atomic mass is 10.2. The quantitative estimate of drug-likeness (QED) is 0.433. The first-order valence-corrected chi connectivity index (χ1v) is 7.06. The molecule has 1 aromatic rings. The lowest BCUT2D eigenvalue weighted by Crippen LogP contribution is -2.30. The highest BCUT2D eigenvalue weighted by Gasteiger charge is 2.07. The Kier molecular flexibility index (Phi) is 8.17. The van der Waals surface area contributed by atoms with Crippen LogP contribution in [0.25, 0.3) is 0 Å². The monoisotopic (exact) mass is 311 g/mol. The molecule has 22 heavy (non-hydrogen) atoms. The normalized spacial score (nSPS) is 10.0. The molecule has 122 valence electrons. The van der Waals surface area contributed by atoms with Crippen LogP contribution in [-0.4, -0.2) is 31.1 Å². The average molecular weight is 311 g/mol. The number of esters is 1. The molecule has 0 aliphatic carbocycles. The van der Waals surface area contributed by atoms with E-state index in [0.29, 0.717) is 18.7 Å². The van der Waals surface area contributed by atoms with E-state index in [1.165, 1.54) is 6.26 Å². The van der Waals surface area contributed by atoms with Gasteiger partial charge in [-0.05, 0) is 25.0 Å². The third-order valence-corrected chi connectivity index (χ3v) is 2.76. The molecule has 0 saturated carbocycles. The van der Waals surface area contributed by atoms with Crippen LogP contribution in [0.2, 0.25) is 0 Å². The molecule has 4 N–H and O–H groups in total. The fraction of sp³-hybridized carbons (Fsp3) is 0.500. The Balaban J connectivity index is 1.98. The molecule has 0 spiro atoms. The summed E-state index contributed by atoms with van der Waals surface area (Å²) in [6.07, 6.45) is 3.88. The van der Waals surface area contributed by atoms with Crippen molar-refractivity contribution in [3.63, 3.8) is 0 Å². The fourth-order valence-corrected chi connectivity index (χ4v) is 1.65. The van der Waals surface area contributed by atoms with Crippen molar-refractivity contribution in [2.45, 2.75) is 32.2 Å². The number of ether oxygens (including phenoxy) is 1. The van der Waals surface area contributed by atoms with Gasteiger partial charge in [0.2, 0.25) is 0 Å². The molecule has 1 heterocycles. The highest BCUT2D eigenvalue weighted by Crippen LogP contribution is 2.01. The maximum Gasteiger partial charge on any atom is 0.312 e. The number of carbonyl (C=O) groups excluding carboxylic acids is 3. The Morgan fingerprint density at radius 1 is 1.18 bits per heavy atom. The highest BCUT2D eigenvalue weighted by atomic mass is 16.5. The summed E-state index contributed by atoms with van der Waals surface area (Å²) in [4.78, 5) is 33.3. The summed E-state index contributed by atoms with van der Waals surface area (Å²) in [5.74, 6) is -0.171. The standard InChI is InChI=1S/C14H21N3O5/c15-14(20)16-7-3-1-2-6-13(19)22-10-12(18)17-9-11-5-4-8-21-11/h4-5,8H,1-3,6-7,9-10H2,(H,17,18)(H3,15,16,20). The molecule has 8 nitrogen and oxygen atoms in total. The van der Waals surface area contributed by atoms with Crippen LogP contribution in [0, 0.1) is 0 Å². The Morgan fingerprint density at radius 3 is 2.68 bits per heavy atom. The molecule has 0 unspecified atom stereocenters. The highest BCUT2D eigenvalue weighted by molar-refractivity contribution is 5.80. The SMILES string of the molecule is NC(=O)NCCCCCC(=O)OCC(=O)NCc1ccco1. The van der Waals surface area contributed by atoms with Crippen LogP contribution in [0.5, 0.6) is 0 Å². The minimum Gasteiger partial charge on any atom is -0.467 e. The van der Waals surface area contributed by atoms with E-state index in [9.17, 15) is 14.4 Å². The van der Waals surface area contributed by atoms with Gasteiger partial charge in [-0.3, -0.25) is 9.59 Å². The molecule has 1 aromatic heterocycles. The average Bonchev–Trinajstić information content (AvgIpc) is 2.99. The lowest BCUT2D eigenvalue weighted by Gasteiger charge is -2.06. The second-order valence-electron chi connectivity index (χ2n) is 4.62. The minimum atomic E-state index is -0.556. The molecule has 0 bridgehead atoms. The topological polar surface area (TPSA) is 124 Å². The molecule has 3 amide bonds. The number of nitrogens with two attached hydrogens (primary N) is 1. The van der Waals surface area contributed by atoms with Crippen molar-refractivity contribution in [2.24, 2.45) is 5.73 Å². The molecule has 0 saturated heterocycles. The van der Waals surface area contributed by atoms with Crippen molar-refractivity contribution in [1.29, 1.82) is 0 Å². The van der Waals surface area contributed by atoms with Gasteiger partial charge in [0.1, 0.15) is 5.76 Å². The summed E-state index contributed by atoms with van der Waals surface area (Å²) in [7, 11) is 0. The van der Waals surface area contributed by atoms with Gasteiger partial charge < -0.3 is 25.5 Å². The summed E-state index contributed by atoms with van der Waals surface area (Å²) in [6.45, 7) is 0.443. The molecule has 0 aliphatic rings. The zero-order chi connectivity index (χ0) is 16.2. The van der Waals surface area contributed by atoms with Gasteiger partial charge in [-0.25, -0.2) is 4.79 Å². The van der Waals surface area contributed by atoms with Crippen LogP contribution in [0.3, 0.4) is 0 Å². The minimum absolute atomic E-state index is 0.238. The molecule has 0 aliphatic heterocycles. The zero-order valence-corrected chi connectivity index (χ0v) is 12.3. The van der Waals surface area contributed by atoms with Crippen LogP contribution in [0.15, 0.2) is 22.8 Å². The van der Waals surface area contributed by atoms with Crippen LogP contribution in [0.1, 0.15) is 31.4 Å². The second-order valence-corrected chi connectivity index (χ2v) is 4.62. The van der Waals surface area contributed by atoms with Gasteiger partial charge >= 0.3 is 12.0 Å². The zero-order valence-electron chi connectivity index (χ0n) is 12.3. The summed E-state index contributed by atoms with van der Waals surface area (Å²) in [5, 5.41) is 5.03. The third-order valence-electron chi connectivity index (χ3n) is 2.76. The van der Waals surface area contributed by atoms with Gasteiger partial charge in [-0.2, -0.15) is 0 Å². The first kappa shape index (κ1) is 17.5. The van der Waals surface area contributed by atoms with Crippen molar-refractivity contribution in [1.82, 2.24) is 10.6 Å². The first-order valence-electron chi connectivity index (χ1n) is 7.06. The number of primary amides is 1. The molecule has 0 radical (unpaired) electrons. The summed E-state index contributed by atoms with van der Waals surface area (Å²) >= 11 is 0. The predicted octanol–water partition coefficient (Wildman–Crippen LogP) is 0.668. The predicted molar refractivity (Wildman–Crippen MR) is 77.6 cm³/mol. The molecular formula is C14H21N3O5. The van der Waals surface area contributed by atoms with Crippen LogP contribution < -0.4 is 16.4 Å². The Hall–Kier alpha value is -2.51. The van der Waals surface area contributed by atoms with Crippen molar-refractivity contribution >= 4 is 17.9 Å². The van der Waals surface area contributed by atoms with Gasteiger partial charge in [-0.1, -0.05) is 6.42 Å². The van der Waals surface area contributed by atoms with Crippen molar-refractivity contribution in [2.75, 3.05) is 13.2 Å². The van der Waals surface area contributed by atoms with Crippen molar-refractivity contribution < 1.29 is 23.5 Å². The van der Waals surface area contributed by atoms with Gasteiger partial charge in [-0.15, -0.1) is 0 Å². The summed E-state index contributed by atoms with van der Waals surface area (Å²) in [6, 6.07) is 2.90. The van der Waals surface area contributed by atoms with Gasteiger partial charge in [0, 0.05) is 13.0 Å². The maximum absolute atomic E-state index is 11.4. The van der Waals surface area contributed by atoms with Gasteiger partial charge in [0.05, 0.1) is 12.8 Å². The molecular weight excluding hydrogens is 290 g/mol. The van der Waals surface area contributed by atoms with Gasteiger partial charge in [0.15, 0.2) is 6.61 Å². The lowest BCUT2D eigenvalue weighted by molar-refractivity contribution is -0.148.